The van der Waals surface area contributed by atoms with E-state index in [-0.39, 0.29) is 17.0 Å². The molecule has 1 fully saturated rings. The highest BCUT2D eigenvalue weighted by Crippen LogP contribution is 2.18. The SMILES string of the molecule is CC1CCCN(C(=O)CCn2cnc3c(cnn3C(C)(C)C)c2=O)C1. The van der Waals surface area contributed by atoms with Crippen molar-refractivity contribution in [3.05, 3.63) is 22.9 Å². The average molecular weight is 345 g/mol. The Hall–Kier alpha value is -2.18. The Bertz CT molecular complexity index is 830. The summed E-state index contributed by atoms with van der Waals surface area (Å²) in [7, 11) is 0. The number of aryl methyl sites for hydroxylation is 1. The van der Waals surface area contributed by atoms with Gasteiger partial charge in [-0.2, -0.15) is 5.10 Å². The van der Waals surface area contributed by atoms with Gasteiger partial charge in [-0.3, -0.25) is 14.2 Å². The summed E-state index contributed by atoms with van der Waals surface area (Å²) in [5, 5.41) is 4.81. The lowest BCUT2D eigenvalue weighted by atomic mass is 10.00. The first-order chi connectivity index (χ1) is 11.8. The van der Waals surface area contributed by atoms with E-state index in [4.69, 9.17) is 0 Å². The van der Waals surface area contributed by atoms with E-state index in [2.05, 4.69) is 17.0 Å². The molecule has 1 atom stereocenters. The van der Waals surface area contributed by atoms with Crippen molar-refractivity contribution in [3.8, 4) is 0 Å². The van der Waals surface area contributed by atoms with Crippen LogP contribution in [0.5, 0.6) is 0 Å². The first kappa shape index (κ1) is 17.6. The monoisotopic (exact) mass is 345 g/mol. The number of hydrogen-bond acceptors (Lipinski definition) is 4. The summed E-state index contributed by atoms with van der Waals surface area (Å²) in [6.07, 6.45) is 5.67. The van der Waals surface area contributed by atoms with Crippen LogP contribution in [0.3, 0.4) is 0 Å². The maximum atomic E-state index is 12.7. The molecule has 1 aliphatic heterocycles. The van der Waals surface area contributed by atoms with Crippen LogP contribution in [0.1, 0.15) is 47.0 Å². The molecule has 7 heteroatoms. The Kier molecular flexibility index (Phi) is 4.67. The number of carbonyl (C=O) groups excluding carboxylic acids is 1. The fourth-order valence-electron chi connectivity index (χ4n) is 3.39. The summed E-state index contributed by atoms with van der Waals surface area (Å²) < 4.78 is 3.27. The van der Waals surface area contributed by atoms with Gasteiger partial charge in [0.05, 0.1) is 18.1 Å². The quantitative estimate of drug-likeness (QED) is 0.853. The van der Waals surface area contributed by atoms with Crippen molar-refractivity contribution in [1.29, 1.82) is 0 Å². The van der Waals surface area contributed by atoms with Crippen LogP contribution < -0.4 is 5.56 Å². The van der Waals surface area contributed by atoms with Gasteiger partial charge in [0.25, 0.3) is 5.56 Å². The lowest BCUT2D eigenvalue weighted by Crippen LogP contribution is -2.39. The summed E-state index contributed by atoms with van der Waals surface area (Å²) in [6, 6.07) is 0. The largest absolute Gasteiger partial charge is 0.342 e. The topological polar surface area (TPSA) is 73.0 Å². The fourth-order valence-corrected chi connectivity index (χ4v) is 3.39. The van der Waals surface area contributed by atoms with Crippen LogP contribution in [0.25, 0.3) is 11.0 Å². The van der Waals surface area contributed by atoms with E-state index in [0.29, 0.717) is 29.9 Å². The molecule has 0 bridgehead atoms. The Labute approximate surface area is 147 Å². The van der Waals surface area contributed by atoms with Gasteiger partial charge in [0.2, 0.25) is 5.91 Å². The number of piperidine rings is 1. The van der Waals surface area contributed by atoms with E-state index in [9.17, 15) is 9.59 Å². The van der Waals surface area contributed by atoms with Crippen LogP contribution in [0, 0.1) is 5.92 Å². The Morgan fingerprint density at radius 1 is 1.36 bits per heavy atom. The minimum absolute atomic E-state index is 0.115. The second-order valence-electron chi connectivity index (χ2n) is 8.04. The number of aromatic nitrogens is 4. The zero-order valence-corrected chi connectivity index (χ0v) is 15.5. The first-order valence-electron chi connectivity index (χ1n) is 8.99. The van der Waals surface area contributed by atoms with Crippen molar-refractivity contribution in [2.75, 3.05) is 13.1 Å². The molecule has 0 saturated carbocycles. The molecule has 0 N–H and O–H groups in total. The molecule has 1 saturated heterocycles. The van der Waals surface area contributed by atoms with Gasteiger partial charge in [0.1, 0.15) is 5.39 Å². The zero-order valence-electron chi connectivity index (χ0n) is 15.5. The smallest absolute Gasteiger partial charge is 0.264 e. The van der Waals surface area contributed by atoms with Crippen LogP contribution in [0.2, 0.25) is 0 Å². The van der Waals surface area contributed by atoms with Gasteiger partial charge >= 0.3 is 0 Å². The van der Waals surface area contributed by atoms with Crippen molar-refractivity contribution in [2.45, 2.75) is 59.0 Å². The highest BCUT2D eigenvalue weighted by atomic mass is 16.2. The second kappa shape index (κ2) is 6.61. The molecule has 0 spiro atoms. The zero-order chi connectivity index (χ0) is 18.2. The van der Waals surface area contributed by atoms with Crippen LogP contribution >= 0.6 is 0 Å². The molecular formula is C18H27N5O2. The second-order valence-corrected chi connectivity index (χ2v) is 8.04. The van der Waals surface area contributed by atoms with Crippen molar-refractivity contribution in [1.82, 2.24) is 24.2 Å². The molecule has 0 radical (unpaired) electrons. The van der Waals surface area contributed by atoms with Crippen LogP contribution in [0.4, 0.5) is 0 Å². The molecule has 0 aromatic carbocycles. The molecular weight excluding hydrogens is 318 g/mol. The van der Waals surface area contributed by atoms with Crippen LogP contribution in [-0.4, -0.2) is 43.2 Å². The minimum Gasteiger partial charge on any atom is -0.342 e. The van der Waals surface area contributed by atoms with Crippen LogP contribution in [0.15, 0.2) is 17.3 Å². The highest BCUT2D eigenvalue weighted by Gasteiger charge is 2.22. The number of fused-ring (bicyclic) bond motifs is 1. The van der Waals surface area contributed by atoms with E-state index in [1.807, 2.05) is 25.7 Å². The number of hydrogen-bond donors (Lipinski definition) is 0. The normalized spacial score (nSPS) is 18.7. The lowest BCUT2D eigenvalue weighted by Gasteiger charge is -2.31. The van der Waals surface area contributed by atoms with E-state index in [1.54, 1.807) is 10.9 Å². The summed E-state index contributed by atoms with van der Waals surface area (Å²) in [5.74, 6) is 0.672. The standard InChI is InChI=1S/C18H27N5O2/c1-13-6-5-8-21(11-13)15(24)7-9-22-12-19-16-14(17(22)25)10-20-23(16)18(2,3)4/h10,12-13H,5-9,11H2,1-4H3. The van der Waals surface area contributed by atoms with E-state index >= 15 is 0 Å². The molecule has 136 valence electrons. The van der Waals surface area contributed by atoms with Gasteiger partial charge in [-0.05, 0) is 39.5 Å². The molecule has 2 aromatic rings. The third kappa shape index (κ3) is 3.60. The molecule has 3 rings (SSSR count). The summed E-state index contributed by atoms with van der Waals surface area (Å²) in [6.45, 7) is 10.2. The number of rotatable bonds is 3. The number of carbonyl (C=O) groups is 1. The summed E-state index contributed by atoms with van der Waals surface area (Å²) in [4.78, 5) is 31.4. The molecule has 3 heterocycles. The van der Waals surface area contributed by atoms with E-state index < -0.39 is 0 Å². The lowest BCUT2D eigenvalue weighted by molar-refractivity contribution is -0.133. The molecule has 1 unspecified atom stereocenters. The third-order valence-electron chi connectivity index (χ3n) is 4.77. The Balaban J connectivity index is 1.75. The predicted octanol–water partition coefficient (Wildman–Crippen LogP) is 2.00. The van der Waals surface area contributed by atoms with E-state index in [0.717, 1.165) is 19.5 Å². The molecule has 7 nitrogen and oxygen atoms in total. The van der Waals surface area contributed by atoms with Gasteiger partial charge in [-0.25, -0.2) is 9.67 Å². The average Bonchev–Trinajstić information content (AvgIpc) is 2.99. The van der Waals surface area contributed by atoms with Gasteiger partial charge in [-0.15, -0.1) is 0 Å². The number of likely N-dealkylation sites (tertiary alicyclic amines) is 1. The van der Waals surface area contributed by atoms with Crippen LogP contribution in [-0.2, 0) is 16.9 Å². The van der Waals surface area contributed by atoms with Crippen molar-refractivity contribution in [2.24, 2.45) is 5.92 Å². The number of amides is 1. The number of nitrogens with zero attached hydrogens (tertiary/aromatic N) is 5. The van der Waals surface area contributed by atoms with Crippen molar-refractivity contribution < 1.29 is 4.79 Å². The first-order valence-corrected chi connectivity index (χ1v) is 8.99. The molecule has 1 aliphatic rings. The van der Waals surface area contributed by atoms with Gasteiger partial charge < -0.3 is 4.90 Å². The third-order valence-corrected chi connectivity index (χ3v) is 4.77. The molecule has 1 amide bonds. The molecule has 0 aliphatic carbocycles. The minimum atomic E-state index is -0.242. The van der Waals surface area contributed by atoms with Gasteiger partial charge in [0, 0.05) is 26.1 Å². The Morgan fingerprint density at radius 2 is 2.12 bits per heavy atom. The fraction of sp³-hybridized carbons (Fsp3) is 0.667. The molecule has 25 heavy (non-hydrogen) atoms. The van der Waals surface area contributed by atoms with Crippen molar-refractivity contribution >= 4 is 16.9 Å². The molecule has 2 aromatic heterocycles. The maximum Gasteiger partial charge on any atom is 0.264 e. The maximum absolute atomic E-state index is 12.7. The van der Waals surface area contributed by atoms with Crippen molar-refractivity contribution in [3.63, 3.8) is 0 Å². The summed E-state index contributed by atoms with van der Waals surface area (Å²) in [5.41, 5.74) is 0.208. The van der Waals surface area contributed by atoms with Gasteiger partial charge in [-0.1, -0.05) is 6.92 Å². The van der Waals surface area contributed by atoms with E-state index in [1.165, 1.54) is 17.3 Å². The predicted molar refractivity (Wildman–Crippen MR) is 96.4 cm³/mol. The summed E-state index contributed by atoms with van der Waals surface area (Å²) >= 11 is 0. The Morgan fingerprint density at radius 3 is 2.80 bits per heavy atom. The highest BCUT2D eigenvalue weighted by molar-refractivity contribution is 5.76. The van der Waals surface area contributed by atoms with Gasteiger partial charge in [0.15, 0.2) is 5.65 Å².